The molecular weight excluding hydrogens is 426 g/mol. The summed E-state index contributed by atoms with van der Waals surface area (Å²) in [5.41, 5.74) is 8.38. The number of fused-ring (bicyclic) bond motifs is 3. The fraction of sp³-hybridized carbons (Fsp3) is 0.208. The predicted molar refractivity (Wildman–Crippen MR) is 121 cm³/mol. The second-order valence-corrected chi connectivity index (χ2v) is 8.97. The highest BCUT2D eigenvalue weighted by Gasteiger charge is 2.34. The van der Waals surface area contributed by atoms with E-state index in [0.717, 1.165) is 21.6 Å². The molecule has 0 saturated carbocycles. The Labute approximate surface area is 188 Å². The van der Waals surface area contributed by atoms with Crippen molar-refractivity contribution in [1.82, 2.24) is 4.90 Å². The topological polar surface area (TPSA) is 102 Å². The molecule has 0 bridgehead atoms. The van der Waals surface area contributed by atoms with E-state index in [1.165, 1.54) is 18.3 Å². The predicted octanol–water partition coefficient (Wildman–Crippen LogP) is 3.63. The summed E-state index contributed by atoms with van der Waals surface area (Å²) in [4.78, 5) is 40.3. The molecule has 3 N–H and O–H groups in total. The molecule has 2 aromatic carbocycles. The summed E-state index contributed by atoms with van der Waals surface area (Å²) >= 11 is 1.31. The van der Waals surface area contributed by atoms with Gasteiger partial charge in [-0.05, 0) is 24.1 Å². The Hall–Kier alpha value is -3.65. The Morgan fingerprint density at radius 1 is 1.06 bits per heavy atom. The minimum absolute atomic E-state index is 0.0225. The average molecular weight is 448 g/mol. The SMILES string of the molecule is CC(=O)N1CCc2c(sc(NC(=O)C3c4ccccc4Oc4ccccc43)c2C(N)=O)C1. The average Bonchev–Trinajstić information content (AvgIpc) is 3.14. The second-order valence-electron chi connectivity index (χ2n) is 7.86. The molecule has 3 aromatic rings. The maximum Gasteiger partial charge on any atom is 0.251 e. The molecule has 2 aliphatic heterocycles. The van der Waals surface area contributed by atoms with Gasteiger partial charge in [-0.15, -0.1) is 11.3 Å². The molecule has 0 aliphatic carbocycles. The van der Waals surface area contributed by atoms with E-state index in [4.69, 9.17) is 10.5 Å². The Morgan fingerprint density at radius 2 is 1.69 bits per heavy atom. The van der Waals surface area contributed by atoms with Crippen LogP contribution in [0.1, 0.15) is 44.8 Å². The number of nitrogens with one attached hydrogen (secondary N) is 1. The normalized spacial score (nSPS) is 14.6. The first-order chi connectivity index (χ1) is 15.4. The van der Waals surface area contributed by atoms with Crippen LogP contribution in [0.15, 0.2) is 48.5 Å². The molecule has 0 fully saturated rings. The van der Waals surface area contributed by atoms with Crippen LogP contribution >= 0.6 is 11.3 Å². The number of rotatable bonds is 3. The van der Waals surface area contributed by atoms with Crippen LogP contribution in [-0.4, -0.2) is 29.2 Å². The number of carbonyl (C=O) groups excluding carboxylic acids is 3. The lowest BCUT2D eigenvalue weighted by Gasteiger charge is -2.27. The lowest BCUT2D eigenvalue weighted by Crippen LogP contribution is -2.34. The number of anilines is 1. The van der Waals surface area contributed by atoms with Crippen molar-refractivity contribution in [2.24, 2.45) is 5.73 Å². The smallest absolute Gasteiger partial charge is 0.251 e. The molecule has 1 aromatic heterocycles. The fourth-order valence-electron chi connectivity index (χ4n) is 4.40. The number of amides is 3. The van der Waals surface area contributed by atoms with Gasteiger partial charge in [0.25, 0.3) is 5.91 Å². The van der Waals surface area contributed by atoms with Crippen LogP contribution < -0.4 is 15.8 Å². The van der Waals surface area contributed by atoms with Gasteiger partial charge in [0.1, 0.15) is 16.5 Å². The van der Waals surface area contributed by atoms with Gasteiger partial charge in [0.05, 0.1) is 18.0 Å². The maximum atomic E-state index is 13.6. The molecule has 0 unspecified atom stereocenters. The Kier molecular flexibility index (Phi) is 4.94. The number of thiophene rings is 1. The first kappa shape index (κ1) is 20.3. The number of nitrogens with two attached hydrogens (primary N) is 1. The van der Waals surface area contributed by atoms with E-state index in [-0.39, 0.29) is 11.8 Å². The summed E-state index contributed by atoms with van der Waals surface area (Å²) in [5.74, 6) is -0.205. The van der Waals surface area contributed by atoms with Crippen molar-refractivity contribution < 1.29 is 19.1 Å². The zero-order valence-electron chi connectivity index (χ0n) is 17.4. The fourth-order valence-corrected chi connectivity index (χ4v) is 5.67. The molecule has 3 heterocycles. The summed E-state index contributed by atoms with van der Waals surface area (Å²) in [5, 5.41) is 3.39. The van der Waals surface area contributed by atoms with Gasteiger partial charge in [-0.3, -0.25) is 14.4 Å². The van der Waals surface area contributed by atoms with Gasteiger partial charge in [-0.2, -0.15) is 0 Å². The number of hydrogen-bond donors (Lipinski definition) is 2. The van der Waals surface area contributed by atoms with Gasteiger partial charge in [-0.25, -0.2) is 0 Å². The molecule has 0 spiro atoms. The Balaban J connectivity index is 1.53. The molecule has 32 heavy (non-hydrogen) atoms. The monoisotopic (exact) mass is 447 g/mol. The summed E-state index contributed by atoms with van der Waals surface area (Å²) in [7, 11) is 0. The van der Waals surface area contributed by atoms with Crippen LogP contribution in [0.25, 0.3) is 0 Å². The van der Waals surface area contributed by atoms with Crippen LogP contribution in [0, 0.1) is 0 Å². The number of hydrogen-bond acceptors (Lipinski definition) is 5. The number of para-hydroxylation sites is 2. The third kappa shape index (κ3) is 3.33. The second kappa shape index (κ2) is 7.80. The standard InChI is InChI=1S/C24H21N3O4S/c1-13(28)27-11-10-16-19(12-27)32-24(21(16)22(25)29)26-23(30)20-14-6-2-4-8-17(14)31-18-9-5-3-7-15(18)20/h2-9,20H,10-12H2,1H3,(H2,25,29)(H,26,30). The van der Waals surface area contributed by atoms with Gasteiger partial charge < -0.3 is 20.7 Å². The highest BCUT2D eigenvalue weighted by molar-refractivity contribution is 7.17. The highest BCUT2D eigenvalue weighted by atomic mass is 32.1. The Bertz CT molecular complexity index is 1220. The minimum atomic E-state index is -0.593. The highest BCUT2D eigenvalue weighted by Crippen LogP contribution is 2.45. The quantitative estimate of drug-likeness (QED) is 0.640. The van der Waals surface area contributed by atoms with E-state index < -0.39 is 11.8 Å². The number of benzene rings is 2. The van der Waals surface area contributed by atoms with Crippen LogP contribution in [0.2, 0.25) is 0 Å². The summed E-state index contributed by atoms with van der Waals surface area (Å²) in [6.45, 7) is 2.46. The molecule has 0 radical (unpaired) electrons. The van der Waals surface area contributed by atoms with Gasteiger partial charge in [0.15, 0.2) is 0 Å². The van der Waals surface area contributed by atoms with Crippen molar-refractivity contribution in [3.05, 3.63) is 75.7 Å². The molecule has 0 atom stereocenters. The van der Waals surface area contributed by atoms with Crippen molar-refractivity contribution in [3.8, 4) is 11.5 Å². The van der Waals surface area contributed by atoms with Crippen LogP contribution in [-0.2, 0) is 22.6 Å². The van der Waals surface area contributed by atoms with Crippen molar-refractivity contribution >= 4 is 34.1 Å². The third-order valence-corrected chi connectivity index (χ3v) is 7.06. The first-order valence-corrected chi connectivity index (χ1v) is 11.1. The number of carbonyl (C=O) groups is 3. The van der Waals surface area contributed by atoms with E-state index in [1.54, 1.807) is 4.90 Å². The molecule has 5 rings (SSSR count). The zero-order chi connectivity index (χ0) is 22.4. The van der Waals surface area contributed by atoms with Crippen molar-refractivity contribution in [1.29, 1.82) is 0 Å². The van der Waals surface area contributed by atoms with E-state index in [2.05, 4.69) is 5.32 Å². The summed E-state index contributed by atoms with van der Waals surface area (Å²) < 4.78 is 5.98. The van der Waals surface area contributed by atoms with Gasteiger partial charge >= 0.3 is 0 Å². The minimum Gasteiger partial charge on any atom is -0.457 e. The largest absolute Gasteiger partial charge is 0.457 e. The lowest BCUT2D eigenvalue weighted by molar-refractivity contribution is -0.129. The zero-order valence-corrected chi connectivity index (χ0v) is 18.2. The molecule has 2 aliphatic rings. The molecular formula is C24H21N3O4S. The first-order valence-electron chi connectivity index (χ1n) is 10.3. The molecule has 7 nitrogen and oxygen atoms in total. The van der Waals surface area contributed by atoms with E-state index in [9.17, 15) is 14.4 Å². The van der Waals surface area contributed by atoms with Gasteiger partial charge in [0.2, 0.25) is 11.8 Å². The molecule has 8 heteroatoms. The van der Waals surface area contributed by atoms with Gasteiger partial charge in [0, 0.05) is 29.5 Å². The lowest BCUT2D eigenvalue weighted by atomic mass is 9.87. The number of nitrogens with zero attached hydrogens (tertiary/aromatic N) is 1. The van der Waals surface area contributed by atoms with E-state index in [1.807, 2.05) is 48.5 Å². The van der Waals surface area contributed by atoms with Crippen molar-refractivity contribution in [2.45, 2.75) is 25.8 Å². The van der Waals surface area contributed by atoms with Crippen LogP contribution in [0.5, 0.6) is 11.5 Å². The van der Waals surface area contributed by atoms with Crippen molar-refractivity contribution in [2.75, 3.05) is 11.9 Å². The summed E-state index contributed by atoms with van der Waals surface area (Å²) in [6, 6.07) is 14.9. The molecule has 162 valence electrons. The maximum absolute atomic E-state index is 13.6. The Morgan fingerprint density at radius 3 is 2.28 bits per heavy atom. The summed E-state index contributed by atoms with van der Waals surface area (Å²) in [6.07, 6.45) is 0.530. The van der Waals surface area contributed by atoms with Gasteiger partial charge in [-0.1, -0.05) is 36.4 Å². The van der Waals surface area contributed by atoms with E-state index >= 15 is 0 Å². The van der Waals surface area contributed by atoms with Crippen LogP contribution in [0.4, 0.5) is 5.00 Å². The molecule has 3 amide bonds. The number of ether oxygens (including phenoxy) is 1. The molecule has 0 saturated heterocycles. The number of primary amides is 1. The van der Waals surface area contributed by atoms with Crippen molar-refractivity contribution in [3.63, 3.8) is 0 Å². The third-order valence-electron chi connectivity index (χ3n) is 5.93. The van der Waals surface area contributed by atoms with Crippen LogP contribution in [0.3, 0.4) is 0 Å². The van der Waals surface area contributed by atoms with E-state index in [0.29, 0.717) is 41.6 Å².